The van der Waals surface area contributed by atoms with Crippen LogP contribution < -0.4 is 10.6 Å². The lowest BCUT2D eigenvalue weighted by Crippen LogP contribution is -2.08. The fraction of sp³-hybridized carbons (Fsp3) is 1.00. The first-order valence-electron chi connectivity index (χ1n) is 7.35. The Morgan fingerprint density at radius 3 is 1.12 bits per heavy atom. The third-order valence-electron chi connectivity index (χ3n) is 5.26. The van der Waals surface area contributed by atoms with Crippen molar-refractivity contribution >= 4 is 0 Å². The molecule has 92 valence electrons. The van der Waals surface area contributed by atoms with Gasteiger partial charge < -0.3 is 10.6 Å². The zero-order valence-electron chi connectivity index (χ0n) is 10.4. The second-order valence-corrected chi connectivity index (χ2v) is 6.22. The van der Waals surface area contributed by atoms with Gasteiger partial charge in [0.1, 0.15) is 0 Å². The average Bonchev–Trinajstić information content (AvgIpc) is 2.99. The summed E-state index contributed by atoms with van der Waals surface area (Å²) in [4.78, 5) is 0. The summed E-state index contributed by atoms with van der Waals surface area (Å²) in [6.07, 6.45) is 8.98. The van der Waals surface area contributed by atoms with E-state index < -0.39 is 0 Å². The fourth-order valence-corrected chi connectivity index (χ4v) is 4.21. The van der Waals surface area contributed by atoms with Gasteiger partial charge in [-0.15, -0.1) is 0 Å². The van der Waals surface area contributed by atoms with Crippen LogP contribution in [0.4, 0.5) is 0 Å². The summed E-state index contributed by atoms with van der Waals surface area (Å²) in [7, 11) is 0. The van der Waals surface area contributed by atoms with E-state index in [1.807, 2.05) is 0 Å². The third kappa shape index (κ3) is 2.28. The molecule has 2 saturated carbocycles. The van der Waals surface area contributed by atoms with Crippen molar-refractivity contribution in [2.75, 3.05) is 26.2 Å². The number of nitrogens with one attached hydrogen (secondary N) is 2. The van der Waals surface area contributed by atoms with Crippen LogP contribution in [0.15, 0.2) is 0 Å². The minimum atomic E-state index is 1.06. The van der Waals surface area contributed by atoms with Crippen LogP contribution in [-0.2, 0) is 0 Å². The first-order chi connectivity index (χ1) is 7.93. The van der Waals surface area contributed by atoms with E-state index in [1.54, 1.807) is 0 Å². The van der Waals surface area contributed by atoms with Crippen molar-refractivity contribution in [1.82, 2.24) is 10.6 Å². The minimum absolute atomic E-state index is 1.06. The topological polar surface area (TPSA) is 24.1 Å². The van der Waals surface area contributed by atoms with E-state index in [0.29, 0.717) is 0 Å². The van der Waals surface area contributed by atoms with E-state index in [4.69, 9.17) is 0 Å². The van der Waals surface area contributed by atoms with Crippen molar-refractivity contribution in [2.24, 2.45) is 23.7 Å². The van der Waals surface area contributed by atoms with E-state index in [1.165, 1.54) is 64.7 Å². The molecular formula is C14H26N2. The second kappa shape index (κ2) is 5.05. The highest BCUT2D eigenvalue weighted by Crippen LogP contribution is 2.34. The smallest absolute Gasteiger partial charge is 0.00173 e. The van der Waals surface area contributed by atoms with Crippen LogP contribution in [0.25, 0.3) is 0 Å². The third-order valence-corrected chi connectivity index (χ3v) is 5.26. The molecule has 4 fully saturated rings. The highest BCUT2D eigenvalue weighted by molar-refractivity contribution is 4.86. The van der Waals surface area contributed by atoms with Gasteiger partial charge >= 0.3 is 0 Å². The van der Waals surface area contributed by atoms with Gasteiger partial charge in [-0.25, -0.2) is 0 Å². The zero-order chi connectivity index (χ0) is 10.8. The molecule has 4 rings (SSSR count). The number of hydrogen-bond acceptors (Lipinski definition) is 2. The van der Waals surface area contributed by atoms with E-state index >= 15 is 0 Å². The molecule has 2 saturated heterocycles. The first-order valence-corrected chi connectivity index (χ1v) is 7.35. The van der Waals surface area contributed by atoms with Crippen molar-refractivity contribution in [3.63, 3.8) is 0 Å². The Morgan fingerprint density at radius 1 is 0.500 bits per heavy atom. The van der Waals surface area contributed by atoms with Crippen LogP contribution >= 0.6 is 0 Å². The summed E-state index contributed by atoms with van der Waals surface area (Å²) in [6, 6.07) is 0. The second-order valence-electron chi connectivity index (χ2n) is 6.22. The van der Waals surface area contributed by atoms with Gasteiger partial charge in [0.05, 0.1) is 0 Å². The Hall–Kier alpha value is -0.0800. The Labute approximate surface area is 99.6 Å². The van der Waals surface area contributed by atoms with Gasteiger partial charge in [0.15, 0.2) is 0 Å². The lowest BCUT2D eigenvalue weighted by Gasteiger charge is -2.02. The average molecular weight is 222 g/mol. The molecule has 16 heavy (non-hydrogen) atoms. The molecule has 0 aromatic heterocycles. The molecule has 0 unspecified atom stereocenters. The Balaban J connectivity index is 0.000000101. The molecule has 2 aliphatic carbocycles. The van der Waals surface area contributed by atoms with E-state index in [9.17, 15) is 0 Å². The molecule has 2 aliphatic heterocycles. The summed E-state index contributed by atoms with van der Waals surface area (Å²) >= 11 is 0. The molecule has 0 bridgehead atoms. The quantitative estimate of drug-likeness (QED) is 0.655. The molecule has 0 spiro atoms. The normalized spacial score (nSPS) is 45.0. The van der Waals surface area contributed by atoms with Crippen molar-refractivity contribution < 1.29 is 0 Å². The minimum Gasteiger partial charge on any atom is -0.316 e. The summed E-state index contributed by atoms with van der Waals surface area (Å²) < 4.78 is 0. The lowest BCUT2D eigenvalue weighted by molar-refractivity contribution is 0.494. The van der Waals surface area contributed by atoms with Crippen molar-refractivity contribution in [2.45, 2.75) is 38.5 Å². The molecule has 0 aromatic rings. The molecule has 2 heterocycles. The molecule has 2 heteroatoms. The van der Waals surface area contributed by atoms with Crippen molar-refractivity contribution in [1.29, 1.82) is 0 Å². The maximum absolute atomic E-state index is 3.42. The summed E-state index contributed by atoms with van der Waals surface area (Å²) in [6.45, 7) is 5.24. The Kier molecular flexibility index (Phi) is 3.49. The molecular weight excluding hydrogens is 196 g/mol. The Morgan fingerprint density at radius 2 is 0.812 bits per heavy atom. The molecule has 2 N–H and O–H groups in total. The van der Waals surface area contributed by atoms with E-state index in [2.05, 4.69) is 10.6 Å². The van der Waals surface area contributed by atoms with Gasteiger partial charge in [-0.3, -0.25) is 0 Å². The van der Waals surface area contributed by atoms with Crippen LogP contribution in [0.5, 0.6) is 0 Å². The van der Waals surface area contributed by atoms with Crippen LogP contribution in [0.1, 0.15) is 38.5 Å². The Bertz CT molecular complexity index is 165. The van der Waals surface area contributed by atoms with Gasteiger partial charge in [0, 0.05) is 0 Å². The molecule has 2 nitrogen and oxygen atoms in total. The summed E-state index contributed by atoms with van der Waals surface area (Å²) in [5.74, 6) is 4.26. The van der Waals surface area contributed by atoms with Crippen LogP contribution in [-0.4, -0.2) is 26.2 Å². The molecule has 4 atom stereocenters. The zero-order valence-corrected chi connectivity index (χ0v) is 10.4. The highest BCUT2D eigenvalue weighted by atomic mass is 14.9. The summed E-state index contributed by atoms with van der Waals surface area (Å²) in [5.41, 5.74) is 0. The van der Waals surface area contributed by atoms with Gasteiger partial charge in [-0.05, 0) is 75.5 Å². The number of rotatable bonds is 0. The predicted octanol–water partition coefficient (Wildman–Crippen LogP) is 2.01. The van der Waals surface area contributed by atoms with Gasteiger partial charge in [0.2, 0.25) is 0 Å². The van der Waals surface area contributed by atoms with E-state index in [-0.39, 0.29) is 0 Å². The van der Waals surface area contributed by atoms with Crippen molar-refractivity contribution in [3.05, 3.63) is 0 Å². The molecule has 0 radical (unpaired) electrons. The SMILES string of the molecule is C1C[C@@H]2CNC[C@@H]2C1.C1C[C@@H]2CNC[C@@H]2C1. The predicted molar refractivity (Wildman–Crippen MR) is 67.4 cm³/mol. The largest absolute Gasteiger partial charge is 0.316 e. The standard InChI is InChI=1S/2C7H13N/c2*1-2-6-4-8-5-7(6)3-1/h2*6-8H,1-5H2/t2*6-,7+. The highest BCUT2D eigenvalue weighted by Gasteiger charge is 2.31. The van der Waals surface area contributed by atoms with Crippen molar-refractivity contribution in [3.8, 4) is 0 Å². The van der Waals surface area contributed by atoms with E-state index in [0.717, 1.165) is 23.7 Å². The molecule has 0 amide bonds. The lowest BCUT2D eigenvalue weighted by atomic mass is 10.0. The fourth-order valence-electron chi connectivity index (χ4n) is 4.21. The maximum Gasteiger partial charge on any atom is -0.00173 e. The van der Waals surface area contributed by atoms with Crippen LogP contribution in [0.2, 0.25) is 0 Å². The molecule has 4 aliphatic rings. The van der Waals surface area contributed by atoms with Gasteiger partial charge in [-0.1, -0.05) is 12.8 Å². The molecule has 0 aromatic carbocycles. The van der Waals surface area contributed by atoms with Gasteiger partial charge in [-0.2, -0.15) is 0 Å². The van der Waals surface area contributed by atoms with Gasteiger partial charge in [0.25, 0.3) is 0 Å². The first kappa shape index (κ1) is 11.0. The number of hydrogen-bond donors (Lipinski definition) is 2. The maximum atomic E-state index is 3.42. The van der Waals surface area contributed by atoms with Crippen LogP contribution in [0, 0.1) is 23.7 Å². The monoisotopic (exact) mass is 222 g/mol. The number of fused-ring (bicyclic) bond motifs is 2. The summed E-state index contributed by atoms with van der Waals surface area (Å²) in [5, 5.41) is 6.85. The van der Waals surface area contributed by atoms with Crippen LogP contribution in [0.3, 0.4) is 0 Å².